The largest absolute Gasteiger partial charge is 0.467 e. The van der Waals surface area contributed by atoms with E-state index >= 15 is 0 Å². The van der Waals surface area contributed by atoms with E-state index in [9.17, 15) is 4.79 Å². The molecule has 0 fully saturated rings. The molecule has 3 aromatic heterocycles. The van der Waals surface area contributed by atoms with Gasteiger partial charge < -0.3 is 15.8 Å². The highest BCUT2D eigenvalue weighted by atomic mass is 32.1. The van der Waals surface area contributed by atoms with Crippen LogP contribution in [-0.4, -0.2) is 33.2 Å². The molecule has 1 aromatic carbocycles. The fourth-order valence-electron chi connectivity index (χ4n) is 3.06. The molecule has 4 aromatic rings. The quantitative estimate of drug-likeness (QED) is 0.509. The standard InChI is InChI=1S/C21H20N6O2S/c1-11-12(2)26-27-20-16(11)17(22)18(30-20)19(28)23-8-13-4-6-14(7-5-13)15-9-24-21(29-3)25-10-15/h4-7,9-10H,8,22H2,1-3H3,(H,23,28). The molecule has 0 spiro atoms. The van der Waals surface area contributed by atoms with Crippen molar-refractivity contribution >= 4 is 33.1 Å². The van der Waals surface area contributed by atoms with Crippen LogP contribution in [0.2, 0.25) is 0 Å². The molecule has 0 bridgehead atoms. The van der Waals surface area contributed by atoms with Gasteiger partial charge in [-0.25, -0.2) is 9.97 Å². The van der Waals surface area contributed by atoms with Gasteiger partial charge in [0.15, 0.2) is 0 Å². The number of nitrogens with one attached hydrogen (secondary N) is 1. The fraction of sp³-hybridized carbons (Fsp3) is 0.190. The maximum absolute atomic E-state index is 12.7. The molecule has 30 heavy (non-hydrogen) atoms. The molecule has 0 aliphatic carbocycles. The molecule has 152 valence electrons. The number of hydrogen-bond acceptors (Lipinski definition) is 8. The Morgan fingerprint density at radius 3 is 2.47 bits per heavy atom. The van der Waals surface area contributed by atoms with Gasteiger partial charge >= 0.3 is 6.01 Å². The van der Waals surface area contributed by atoms with Gasteiger partial charge in [-0.15, -0.1) is 16.4 Å². The van der Waals surface area contributed by atoms with Crippen molar-refractivity contribution in [3.05, 3.63) is 58.4 Å². The highest BCUT2D eigenvalue weighted by Crippen LogP contribution is 2.34. The number of thiophene rings is 1. The lowest BCUT2D eigenvalue weighted by Crippen LogP contribution is -2.22. The smallest absolute Gasteiger partial charge is 0.316 e. The summed E-state index contributed by atoms with van der Waals surface area (Å²) >= 11 is 1.26. The van der Waals surface area contributed by atoms with Crippen molar-refractivity contribution in [3.63, 3.8) is 0 Å². The molecule has 1 amide bonds. The Bertz CT molecular complexity index is 1220. The van der Waals surface area contributed by atoms with Crippen LogP contribution < -0.4 is 15.8 Å². The van der Waals surface area contributed by atoms with Gasteiger partial charge in [0.05, 0.1) is 18.5 Å². The van der Waals surface area contributed by atoms with Crippen molar-refractivity contribution in [1.82, 2.24) is 25.5 Å². The van der Waals surface area contributed by atoms with E-state index in [1.807, 2.05) is 38.1 Å². The van der Waals surface area contributed by atoms with E-state index in [0.717, 1.165) is 33.3 Å². The summed E-state index contributed by atoms with van der Waals surface area (Å²) in [5.41, 5.74) is 11.3. The monoisotopic (exact) mass is 420 g/mol. The highest BCUT2D eigenvalue weighted by molar-refractivity contribution is 7.21. The summed E-state index contributed by atoms with van der Waals surface area (Å²) in [5.74, 6) is -0.222. The zero-order valence-corrected chi connectivity index (χ0v) is 17.6. The van der Waals surface area contributed by atoms with Crippen molar-refractivity contribution < 1.29 is 9.53 Å². The Labute approximate surface area is 177 Å². The van der Waals surface area contributed by atoms with E-state index in [2.05, 4.69) is 25.5 Å². The van der Waals surface area contributed by atoms with Crippen molar-refractivity contribution in [3.8, 4) is 17.1 Å². The molecule has 0 unspecified atom stereocenters. The molecule has 8 nitrogen and oxygen atoms in total. The number of amides is 1. The van der Waals surface area contributed by atoms with Gasteiger partial charge in [-0.05, 0) is 30.5 Å². The second-order valence-corrected chi connectivity index (χ2v) is 7.77. The van der Waals surface area contributed by atoms with Gasteiger partial charge in [0.1, 0.15) is 9.71 Å². The van der Waals surface area contributed by atoms with E-state index in [-0.39, 0.29) is 5.91 Å². The minimum absolute atomic E-state index is 0.222. The second-order valence-electron chi connectivity index (χ2n) is 6.77. The number of nitrogens with zero attached hydrogens (tertiary/aromatic N) is 4. The maximum atomic E-state index is 12.7. The number of ether oxygens (including phenoxy) is 1. The average Bonchev–Trinajstić information content (AvgIpc) is 3.12. The predicted molar refractivity (Wildman–Crippen MR) is 116 cm³/mol. The number of aryl methyl sites for hydroxylation is 2. The number of benzene rings is 1. The van der Waals surface area contributed by atoms with Crippen LogP contribution in [0.25, 0.3) is 21.3 Å². The zero-order valence-electron chi connectivity index (χ0n) is 16.8. The van der Waals surface area contributed by atoms with Crippen LogP contribution in [0.15, 0.2) is 36.7 Å². The molecule has 3 N–H and O–H groups in total. The van der Waals surface area contributed by atoms with Gasteiger partial charge in [-0.3, -0.25) is 4.79 Å². The molecular formula is C21H20N6O2S. The predicted octanol–water partition coefficient (Wildman–Crippen LogP) is 3.29. The van der Waals surface area contributed by atoms with Crippen LogP contribution in [0, 0.1) is 13.8 Å². The Morgan fingerprint density at radius 2 is 1.80 bits per heavy atom. The van der Waals surface area contributed by atoms with Crippen LogP contribution in [0.1, 0.15) is 26.5 Å². The van der Waals surface area contributed by atoms with Gasteiger partial charge in [-0.2, -0.15) is 5.10 Å². The number of carbonyl (C=O) groups is 1. The Kier molecular flexibility index (Phi) is 5.28. The number of fused-ring (bicyclic) bond motifs is 1. The first kappa shape index (κ1) is 19.7. The summed E-state index contributed by atoms with van der Waals surface area (Å²) in [6.07, 6.45) is 3.42. The fourth-order valence-corrected chi connectivity index (χ4v) is 4.07. The Morgan fingerprint density at radius 1 is 1.10 bits per heavy atom. The number of methoxy groups -OCH3 is 1. The van der Waals surface area contributed by atoms with Crippen LogP contribution in [0.5, 0.6) is 6.01 Å². The maximum Gasteiger partial charge on any atom is 0.316 e. The number of rotatable bonds is 5. The lowest BCUT2D eigenvalue weighted by atomic mass is 10.1. The van der Waals surface area contributed by atoms with Crippen molar-refractivity contribution in [2.24, 2.45) is 0 Å². The molecule has 9 heteroatoms. The van der Waals surface area contributed by atoms with Crippen LogP contribution in [-0.2, 0) is 6.54 Å². The first-order valence-corrected chi connectivity index (χ1v) is 10.0. The summed E-state index contributed by atoms with van der Waals surface area (Å²) in [6, 6.07) is 8.15. The lowest BCUT2D eigenvalue weighted by Gasteiger charge is -2.07. The van der Waals surface area contributed by atoms with Gasteiger partial charge in [0.2, 0.25) is 0 Å². The number of hydrogen-bond donors (Lipinski definition) is 2. The van der Waals surface area contributed by atoms with Crippen LogP contribution >= 0.6 is 11.3 Å². The Hall–Kier alpha value is -3.59. The molecule has 0 atom stereocenters. The minimum Gasteiger partial charge on any atom is -0.467 e. The summed E-state index contributed by atoms with van der Waals surface area (Å²) in [5, 5.41) is 12.0. The Balaban J connectivity index is 1.47. The molecular weight excluding hydrogens is 400 g/mol. The SMILES string of the molecule is COc1ncc(-c2ccc(CNC(=O)c3sc4nnc(C)c(C)c4c3N)cc2)cn1. The van der Waals surface area contributed by atoms with E-state index in [4.69, 9.17) is 10.5 Å². The molecule has 3 heterocycles. The van der Waals surface area contributed by atoms with Crippen LogP contribution in [0.4, 0.5) is 5.69 Å². The molecule has 0 radical (unpaired) electrons. The summed E-state index contributed by atoms with van der Waals surface area (Å²) in [7, 11) is 1.53. The van der Waals surface area contributed by atoms with Crippen LogP contribution in [0.3, 0.4) is 0 Å². The van der Waals surface area contributed by atoms with E-state index in [1.165, 1.54) is 18.4 Å². The van der Waals surface area contributed by atoms with Gasteiger partial charge in [0.25, 0.3) is 5.91 Å². The number of nitrogen functional groups attached to an aromatic ring is 1. The number of carbonyl (C=O) groups excluding carboxylic acids is 1. The normalized spacial score (nSPS) is 10.9. The first-order chi connectivity index (χ1) is 14.5. The number of anilines is 1. The zero-order chi connectivity index (χ0) is 21.3. The first-order valence-electron chi connectivity index (χ1n) is 9.23. The topological polar surface area (TPSA) is 116 Å². The number of aromatic nitrogens is 4. The van der Waals surface area contributed by atoms with E-state index in [1.54, 1.807) is 12.4 Å². The molecule has 4 rings (SSSR count). The molecule has 0 saturated heterocycles. The molecule has 0 aliphatic heterocycles. The third-order valence-electron chi connectivity index (χ3n) is 4.89. The molecule has 0 aliphatic rings. The average molecular weight is 420 g/mol. The van der Waals surface area contributed by atoms with Crippen molar-refractivity contribution in [2.75, 3.05) is 12.8 Å². The molecule has 0 saturated carbocycles. The lowest BCUT2D eigenvalue weighted by molar-refractivity contribution is 0.0956. The minimum atomic E-state index is -0.222. The summed E-state index contributed by atoms with van der Waals surface area (Å²) in [6.45, 7) is 4.20. The third-order valence-corrected chi connectivity index (χ3v) is 5.98. The summed E-state index contributed by atoms with van der Waals surface area (Å²) < 4.78 is 4.98. The van der Waals surface area contributed by atoms with Crippen molar-refractivity contribution in [2.45, 2.75) is 20.4 Å². The third kappa shape index (κ3) is 3.67. The van der Waals surface area contributed by atoms with Gasteiger partial charge in [0, 0.05) is 29.9 Å². The highest BCUT2D eigenvalue weighted by Gasteiger charge is 2.19. The van der Waals surface area contributed by atoms with E-state index < -0.39 is 0 Å². The second kappa shape index (κ2) is 8.03. The summed E-state index contributed by atoms with van der Waals surface area (Å²) in [4.78, 5) is 22.1. The van der Waals surface area contributed by atoms with E-state index in [0.29, 0.717) is 28.0 Å². The van der Waals surface area contributed by atoms with Gasteiger partial charge in [-0.1, -0.05) is 24.3 Å². The number of nitrogens with two attached hydrogens (primary N) is 1. The van der Waals surface area contributed by atoms with Crippen molar-refractivity contribution in [1.29, 1.82) is 0 Å².